The summed E-state index contributed by atoms with van der Waals surface area (Å²) in [6.45, 7) is 14.0. The van der Waals surface area contributed by atoms with Crippen LogP contribution in [0.25, 0.3) is 38.7 Å². The number of phenolic OH excluding ortho intramolecular Hbond substituents is 1. The van der Waals surface area contributed by atoms with Gasteiger partial charge in [-0.05, 0) is 13.0 Å². The van der Waals surface area contributed by atoms with Crippen molar-refractivity contribution in [3.05, 3.63) is 80.0 Å². The highest BCUT2D eigenvalue weighted by atomic mass is 16.7. The van der Waals surface area contributed by atoms with Crippen molar-refractivity contribution in [1.29, 1.82) is 0 Å². The number of β-amino-alcohol motifs (C(OH)–C–C–N with tert-alkyl or cyclic N) is 1. The molecule has 18 heteroatoms. The Morgan fingerprint density at radius 2 is 1.65 bits per heavy atom. The molecule has 1 saturated heterocycles. The number of aliphatic hydroxyl groups excluding tert-OH is 4. The molecule has 4 aromatic rings. The molecule has 3 aliphatic heterocycles. The Morgan fingerprint density at radius 3 is 2.32 bits per heavy atom. The lowest BCUT2D eigenvalue weighted by molar-refractivity contribution is -0.160. The molecule has 9 atom stereocenters. The number of carbonyl (C=O) groups is 2. The van der Waals surface area contributed by atoms with Crippen LogP contribution in [0.4, 0.5) is 11.4 Å². The van der Waals surface area contributed by atoms with Crippen LogP contribution in [-0.2, 0) is 23.8 Å². The lowest BCUT2D eigenvalue weighted by Gasteiger charge is -2.38. The predicted molar refractivity (Wildman–Crippen MR) is 246 cm³/mol. The summed E-state index contributed by atoms with van der Waals surface area (Å²) < 4.78 is 30.2. The standard InChI is InChI=1S/C48H58N4O14/c1-23-10-9-11-24(2)47(61)50-40-43(59)35-30(55)22-33-36(37(35)39-45(40)65-34-21-29(20-31(56)38(34)49-39)52-15-13-51(14-16-52)17-18-53)46(60)48(7,66-33)63-19-12-32(62-8)25(3)44(64-28(6)54)27(5)42(58)26(4)41(23)57/h9-12,19-23,25-27,32,41-42,44,53,57-60H,13-18H2,1-8H3,(H,50,61)/b10-9+,19-12+,24-11-/t23-,25+,26+,27+,32-,41-,42+,44+,48-/m0/s1. The Morgan fingerprint density at radius 1 is 0.939 bits per heavy atom. The summed E-state index contributed by atoms with van der Waals surface area (Å²) in [7, 11) is 1.43. The molecule has 4 bridgehead atoms. The fourth-order valence-corrected chi connectivity index (χ4v) is 9.22. The van der Waals surface area contributed by atoms with Crippen molar-refractivity contribution < 1.29 is 58.5 Å². The number of piperazine rings is 1. The van der Waals surface area contributed by atoms with Crippen LogP contribution in [0.2, 0.25) is 0 Å². The molecule has 3 aromatic carbocycles. The maximum Gasteiger partial charge on any atom is 0.307 e. The number of esters is 1. The second-order valence-corrected chi connectivity index (χ2v) is 17.7. The summed E-state index contributed by atoms with van der Waals surface area (Å²) in [5.41, 5.74) is -1.46. The lowest BCUT2D eigenvalue weighted by Crippen LogP contribution is -2.47. The van der Waals surface area contributed by atoms with Crippen LogP contribution in [0.5, 0.6) is 11.5 Å². The number of aliphatic hydroxyl groups is 4. The SMILES string of the molecule is CO[C@H]1/C=C/O[C@@]2(C)Oc3cc(=O)c4c(O)c(c5oc6cc(N7CCN(CCO)CC7)cc(=O)c6nc5c4c3=C2O)NC(=O)/C(C)=C\C=C\[C@H](C)[C@H](O)[C@@H](C)[C@@H](O)[C@@H](C)[C@H](OC(C)=O)[C@@H]1C. The smallest absolute Gasteiger partial charge is 0.307 e. The number of phenols is 1. The van der Waals surface area contributed by atoms with E-state index in [4.69, 9.17) is 28.3 Å². The number of nitrogens with one attached hydrogen (secondary N) is 1. The van der Waals surface area contributed by atoms with Crippen molar-refractivity contribution >= 4 is 62.0 Å². The number of rotatable bonds is 5. The minimum Gasteiger partial charge on any atom is -0.505 e. The molecule has 0 radical (unpaired) electrons. The fourth-order valence-electron chi connectivity index (χ4n) is 9.22. The number of aromatic hydroxyl groups is 1. The molecule has 7 rings (SSSR count). The first-order valence-electron chi connectivity index (χ1n) is 22.0. The zero-order chi connectivity index (χ0) is 47.9. The van der Waals surface area contributed by atoms with Crippen LogP contribution in [-0.4, -0.2) is 124 Å². The van der Waals surface area contributed by atoms with E-state index in [9.17, 15) is 44.7 Å². The fraction of sp³-hybridized carbons (Fsp3) is 0.479. The van der Waals surface area contributed by atoms with Gasteiger partial charge in [-0.2, -0.15) is 0 Å². The highest BCUT2D eigenvalue weighted by Crippen LogP contribution is 2.42. The Bertz CT molecular complexity index is 2820. The number of amides is 1. The van der Waals surface area contributed by atoms with Gasteiger partial charge in [0.05, 0.1) is 41.8 Å². The number of ether oxygens (including phenoxy) is 4. The Balaban J connectivity index is 1.44. The van der Waals surface area contributed by atoms with Gasteiger partial charge in [0.1, 0.15) is 23.1 Å². The average molecular weight is 915 g/mol. The molecule has 1 fully saturated rings. The summed E-state index contributed by atoms with van der Waals surface area (Å²) in [4.78, 5) is 63.2. The number of hydrogen-bond acceptors (Lipinski definition) is 17. The molecule has 4 heterocycles. The Hall–Kier alpha value is -6.05. The topological polar surface area (TPSA) is 251 Å². The van der Waals surface area contributed by atoms with Crippen LogP contribution in [0.15, 0.2) is 68.3 Å². The molecule has 354 valence electrons. The molecular weight excluding hydrogens is 857 g/mol. The number of nitrogens with zero attached hydrogens (tertiary/aromatic N) is 3. The number of fused-ring (bicyclic) bond motifs is 2. The van der Waals surface area contributed by atoms with Gasteiger partial charge in [-0.3, -0.25) is 24.1 Å². The van der Waals surface area contributed by atoms with E-state index >= 15 is 0 Å². The number of anilines is 2. The number of methoxy groups -OCH3 is 1. The van der Waals surface area contributed by atoms with Crippen molar-refractivity contribution in [3.8, 4) is 11.5 Å². The Labute approximate surface area is 380 Å². The Kier molecular flexibility index (Phi) is 13.8. The molecular formula is C48H58N4O14. The van der Waals surface area contributed by atoms with E-state index in [1.54, 1.807) is 45.9 Å². The van der Waals surface area contributed by atoms with Crippen molar-refractivity contribution in [1.82, 2.24) is 9.88 Å². The third-order valence-corrected chi connectivity index (χ3v) is 13.2. The van der Waals surface area contributed by atoms with Crippen molar-refractivity contribution in [2.45, 2.75) is 78.7 Å². The normalized spacial score (nSPS) is 29.9. The summed E-state index contributed by atoms with van der Waals surface area (Å²) in [6.07, 6.45) is 3.47. The first-order valence-corrected chi connectivity index (χ1v) is 22.0. The molecule has 0 aliphatic carbocycles. The summed E-state index contributed by atoms with van der Waals surface area (Å²) in [6, 6.07) is 4.11. The van der Waals surface area contributed by atoms with Gasteiger partial charge in [-0.25, -0.2) is 4.98 Å². The zero-order valence-electron chi connectivity index (χ0n) is 38.2. The van der Waals surface area contributed by atoms with Gasteiger partial charge in [-0.15, -0.1) is 0 Å². The molecule has 1 amide bonds. The van der Waals surface area contributed by atoms with Gasteiger partial charge in [0.15, 0.2) is 33.6 Å². The van der Waals surface area contributed by atoms with Crippen LogP contribution in [0.1, 0.15) is 48.5 Å². The van der Waals surface area contributed by atoms with E-state index < -0.39 is 88.1 Å². The van der Waals surface area contributed by atoms with Crippen molar-refractivity contribution in [2.24, 2.45) is 23.7 Å². The van der Waals surface area contributed by atoms with Crippen LogP contribution in [0, 0.1) is 23.7 Å². The van der Waals surface area contributed by atoms with E-state index in [2.05, 4.69) is 10.2 Å². The molecule has 1 aromatic heterocycles. The largest absolute Gasteiger partial charge is 0.505 e. The quantitative estimate of drug-likeness (QED) is 0.0727. The van der Waals surface area contributed by atoms with E-state index in [0.29, 0.717) is 38.4 Å². The molecule has 3 aliphatic rings. The third-order valence-electron chi connectivity index (χ3n) is 13.2. The van der Waals surface area contributed by atoms with Gasteiger partial charge in [0, 0.05) is 112 Å². The van der Waals surface area contributed by atoms with Crippen LogP contribution in [0.3, 0.4) is 0 Å². The van der Waals surface area contributed by atoms with Gasteiger partial charge in [-0.1, -0.05) is 45.9 Å². The number of benzene rings is 3. The van der Waals surface area contributed by atoms with E-state index in [-0.39, 0.29) is 61.8 Å². The average Bonchev–Trinajstić information content (AvgIpc) is 3.53. The molecule has 0 spiro atoms. The first-order chi connectivity index (χ1) is 31.3. The summed E-state index contributed by atoms with van der Waals surface area (Å²) in [5.74, 6) is -7.25. The highest BCUT2D eigenvalue weighted by molar-refractivity contribution is 6.18. The highest BCUT2D eigenvalue weighted by Gasteiger charge is 2.43. The van der Waals surface area contributed by atoms with Crippen LogP contribution < -0.4 is 31.0 Å². The zero-order valence-corrected chi connectivity index (χ0v) is 38.2. The number of aromatic nitrogens is 1. The summed E-state index contributed by atoms with van der Waals surface area (Å²) in [5, 5.41) is 58.6. The van der Waals surface area contributed by atoms with E-state index in [1.807, 2.05) is 4.90 Å². The first kappa shape index (κ1) is 47.9. The molecule has 6 N–H and O–H groups in total. The number of carbonyl (C=O) groups excluding carboxylic acids is 2. The van der Waals surface area contributed by atoms with Gasteiger partial charge in [0.25, 0.3) is 5.91 Å². The van der Waals surface area contributed by atoms with E-state index in [1.165, 1.54) is 52.4 Å². The minimum absolute atomic E-state index is 0.0113. The number of hydrogen-bond donors (Lipinski definition) is 6. The molecule has 66 heavy (non-hydrogen) atoms. The minimum atomic E-state index is -1.99. The van der Waals surface area contributed by atoms with Gasteiger partial charge < -0.3 is 59.1 Å². The van der Waals surface area contributed by atoms with Crippen molar-refractivity contribution in [3.63, 3.8) is 0 Å². The monoisotopic (exact) mass is 914 g/mol. The second kappa shape index (κ2) is 19.0. The third kappa shape index (κ3) is 8.95. The van der Waals surface area contributed by atoms with Gasteiger partial charge in [0.2, 0.25) is 5.43 Å². The second-order valence-electron chi connectivity index (χ2n) is 17.7. The summed E-state index contributed by atoms with van der Waals surface area (Å²) >= 11 is 0. The van der Waals surface area contributed by atoms with Crippen molar-refractivity contribution in [2.75, 3.05) is 56.7 Å². The maximum absolute atomic E-state index is 14.1. The molecule has 0 saturated carbocycles. The van der Waals surface area contributed by atoms with Crippen LogP contribution >= 0.6 is 0 Å². The molecule has 18 nitrogen and oxygen atoms in total. The molecule has 0 unspecified atom stereocenters. The predicted octanol–water partition coefficient (Wildman–Crippen LogP) is 3.37. The number of allylic oxidation sites excluding steroid dienone is 2. The maximum atomic E-state index is 14.1. The lowest BCUT2D eigenvalue weighted by atomic mass is 9.78. The van der Waals surface area contributed by atoms with Gasteiger partial charge >= 0.3 is 11.8 Å². The van der Waals surface area contributed by atoms with E-state index in [0.717, 1.165) is 6.07 Å².